The number of nitro groups is 1. The van der Waals surface area contributed by atoms with Crippen molar-refractivity contribution in [1.29, 1.82) is 0 Å². The zero-order valence-corrected chi connectivity index (χ0v) is 11.5. The van der Waals surface area contributed by atoms with Crippen molar-refractivity contribution in [2.45, 2.75) is 6.54 Å². The maximum atomic E-state index is 13.2. The zero-order valence-electron chi connectivity index (χ0n) is 10.8. The van der Waals surface area contributed by atoms with Crippen LogP contribution in [0.15, 0.2) is 48.7 Å². The van der Waals surface area contributed by atoms with Crippen LogP contribution in [0.4, 0.5) is 10.1 Å². The molecule has 0 amide bonds. The quantitative estimate of drug-likeness (QED) is 0.532. The Balaban J connectivity index is 2.08. The molecule has 0 aliphatic heterocycles. The second kappa shape index (κ2) is 5.18. The summed E-state index contributed by atoms with van der Waals surface area (Å²) >= 11 is 5.76. The van der Waals surface area contributed by atoms with E-state index in [4.69, 9.17) is 11.6 Å². The average molecular weight is 305 g/mol. The van der Waals surface area contributed by atoms with E-state index in [0.29, 0.717) is 12.1 Å². The summed E-state index contributed by atoms with van der Waals surface area (Å²) in [6, 6.07) is 11.2. The molecule has 2 aromatic carbocycles. The fourth-order valence-corrected chi connectivity index (χ4v) is 2.56. The van der Waals surface area contributed by atoms with Crippen molar-refractivity contribution in [1.82, 2.24) is 4.57 Å². The van der Waals surface area contributed by atoms with Crippen molar-refractivity contribution in [3.63, 3.8) is 0 Å². The first kappa shape index (κ1) is 13.6. The monoisotopic (exact) mass is 304 g/mol. The van der Waals surface area contributed by atoms with Crippen LogP contribution in [0.2, 0.25) is 5.02 Å². The topological polar surface area (TPSA) is 48.1 Å². The summed E-state index contributed by atoms with van der Waals surface area (Å²) in [4.78, 5) is 10.7. The summed E-state index contributed by atoms with van der Waals surface area (Å²) < 4.78 is 14.9. The summed E-state index contributed by atoms with van der Waals surface area (Å²) in [5.41, 5.74) is 1.37. The molecule has 0 spiro atoms. The van der Waals surface area contributed by atoms with E-state index >= 15 is 0 Å². The van der Waals surface area contributed by atoms with Crippen LogP contribution in [0.5, 0.6) is 0 Å². The molecule has 0 fully saturated rings. The Morgan fingerprint density at radius 1 is 1.24 bits per heavy atom. The van der Waals surface area contributed by atoms with Gasteiger partial charge in [0.15, 0.2) is 0 Å². The summed E-state index contributed by atoms with van der Waals surface area (Å²) in [7, 11) is 0. The van der Waals surface area contributed by atoms with E-state index in [0.717, 1.165) is 10.9 Å². The molecule has 0 saturated heterocycles. The molecule has 4 nitrogen and oxygen atoms in total. The van der Waals surface area contributed by atoms with Crippen molar-refractivity contribution in [2.75, 3.05) is 0 Å². The van der Waals surface area contributed by atoms with E-state index in [1.54, 1.807) is 22.9 Å². The highest BCUT2D eigenvalue weighted by molar-refractivity contribution is 6.30. The van der Waals surface area contributed by atoms with Gasteiger partial charge in [-0.15, -0.1) is 0 Å². The minimum Gasteiger partial charge on any atom is -0.337 e. The Bertz CT molecular complexity index is 845. The van der Waals surface area contributed by atoms with Crippen molar-refractivity contribution < 1.29 is 9.31 Å². The summed E-state index contributed by atoms with van der Waals surface area (Å²) in [5, 5.41) is 12.0. The smallest absolute Gasteiger partial charge is 0.293 e. The number of halogens is 2. The number of hydrogen-bond donors (Lipinski definition) is 0. The molecule has 6 heteroatoms. The van der Waals surface area contributed by atoms with E-state index in [9.17, 15) is 14.5 Å². The number of benzene rings is 2. The number of non-ortho nitro benzene ring substituents is 1. The highest BCUT2D eigenvalue weighted by Gasteiger charge is 2.15. The highest BCUT2D eigenvalue weighted by atomic mass is 35.5. The van der Waals surface area contributed by atoms with Gasteiger partial charge in [-0.1, -0.05) is 29.8 Å². The van der Waals surface area contributed by atoms with Gasteiger partial charge in [0.05, 0.1) is 9.95 Å². The van der Waals surface area contributed by atoms with Gasteiger partial charge in [-0.05, 0) is 23.8 Å². The van der Waals surface area contributed by atoms with Crippen LogP contribution in [0, 0.1) is 15.9 Å². The van der Waals surface area contributed by atoms with Gasteiger partial charge in [-0.25, -0.2) is 4.39 Å². The van der Waals surface area contributed by atoms with E-state index < -0.39 is 10.7 Å². The largest absolute Gasteiger partial charge is 0.337 e. The molecule has 3 rings (SSSR count). The molecule has 106 valence electrons. The lowest BCUT2D eigenvalue weighted by Crippen LogP contribution is -2.00. The van der Waals surface area contributed by atoms with Crippen molar-refractivity contribution in [3.05, 3.63) is 75.2 Å². The number of rotatable bonds is 3. The van der Waals surface area contributed by atoms with Gasteiger partial charge in [0.2, 0.25) is 0 Å². The molecule has 0 saturated carbocycles. The Kier molecular flexibility index (Phi) is 3.35. The van der Waals surface area contributed by atoms with Gasteiger partial charge >= 0.3 is 0 Å². The minimum absolute atomic E-state index is 0.0402. The summed E-state index contributed by atoms with van der Waals surface area (Å²) in [5.74, 6) is -0.483. The second-order valence-corrected chi connectivity index (χ2v) is 5.07. The van der Waals surface area contributed by atoms with Gasteiger partial charge < -0.3 is 4.57 Å². The first-order valence-electron chi connectivity index (χ1n) is 6.22. The molecule has 0 aliphatic carbocycles. The van der Waals surface area contributed by atoms with Crippen LogP contribution in [-0.4, -0.2) is 9.49 Å². The number of nitro benzene ring substituents is 1. The summed E-state index contributed by atoms with van der Waals surface area (Å²) in [6.45, 7) is 0.383. The van der Waals surface area contributed by atoms with E-state index in [1.165, 1.54) is 18.2 Å². The zero-order chi connectivity index (χ0) is 15.0. The first-order valence-corrected chi connectivity index (χ1v) is 6.60. The number of hydrogen-bond acceptors (Lipinski definition) is 2. The van der Waals surface area contributed by atoms with Crippen LogP contribution in [0.1, 0.15) is 5.56 Å². The molecule has 0 N–H and O–H groups in total. The van der Waals surface area contributed by atoms with Gasteiger partial charge in [-0.3, -0.25) is 10.1 Å². The van der Waals surface area contributed by atoms with Crippen LogP contribution in [0.3, 0.4) is 0 Å². The molecule has 0 atom stereocenters. The molecule has 0 bridgehead atoms. The lowest BCUT2D eigenvalue weighted by atomic mass is 10.2. The molecule has 21 heavy (non-hydrogen) atoms. The minimum atomic E-state index is -0.483. The number of aromatic nitrogens is 1. The molecule has 1 aromatic heterocycles. The molecule has 3 aromatic rings. The molecule has 0 unspecified atom stereocenters. The highest BCUT2D eigenvalue weighted by Crippen LogP contribution is 2.27. The fourth-order valence-electron chi connectivity index (χ4n) is 2.35. The summed E-state index contributed by atoms with van der Waals surface area (Å²) in [6.07, 6.45) is 1.77. The number of fused-ring (bicyclic) bond motifs is 1. The fraction of sp³-hybridized carbons (Fsp3) is 0.0667. The SMILES string of the molecule is O=[N+]([O-])c1cccc2ccn(Cc3ccc(F)c(Cl)c3)c12. The van der Waals surface area contributed by atoms with E-state index in [-0.39, 0.29) is 10.7 Å². The van der Waals surface area contributed by atoms with Gasteiger partial charge in [0.1, 0.15) is 11.3 Å². The second-order valence-electron chi connectivity index (χ2n) is 4.66. The van der Waals surface area contributed by atoms with Crippen molar-refractivity contribution in [3.8, 4) is 0 Å². The van der Waals surface area contributed by atoms with Crippen molar-refractivity contribution >= 4 is 28.2 Å². The van der Waals surface area contributed by atoms with Crippen LogP contribution < -0.4 is 0 Å². The lowest BCUT2D eigenvalue weighted by Gasteiger charge is -2.07. The molecule has 0 radical (unpaired) electrons. The molecule has 0 aliphatic rings. The van der Waals surface area contributed by atoms with Crippen LogP contribution in [0.25, 0.3) is 10.9 Å². The molecular weight excluding hydrogens is 295 g/mol. The molecule has 1 heterocycles. The van der Waals surface area contributed by atoms with Gasteiger partial charge in [-0.2, -0.15) is 0 Å². The average Bonchev–Trinajstić information content (AvgIpc) is 2.86. The number of nitrogens with zero attached hydrogens (tertiary/aromatic N) is 2. The number of para-hydroxylation sites is 1. The predicted molar refractivity (Wildman–Crippen MR) is 79.1 cm³/mol. The Morgan fingerprint density at radius 2 is 2.05 bits per heavy atom. The van der Waals surface area contributed by atoms with E-state index in [1.807, 2.05) is 12.1 Å². The third-order valence-electron chi connectivity index (χ3n) is 3.30. The maximum absolute atomic E-state index is 13.2. The standard InChI is InChI=1S/C15H10ClFN2O2/c16-12-8-10(4-5-13(12)17)9-18-7-6-11-2-1-3-14(15(11)18)19(20)21/h1-8H,9H2. The Morgan fingerprint density at radius 3 is 2.76 bits per heavy atom. The van der Waals surface area contributed by atoms with Crippen molar-refractivity contribution in [2.24, 2.45) is 0 Å². The first-order chi connectivity index (χ1) is 10.1. The normalized spacial score (nSPS) is 11.0. The Hall–Kier alpha value is -2.40. The third kappa shape index (κ3) is 2.48. The predicted octanol–water partition coefficient (Wildman–Crippen LogP) is 4.39. The van der Waals surface area contributed by atoms with Gasteiger partial charge in [0.25, 0.3) is 5.69 Å². The van der Waals surface area contributed by atoms with Gasteiger partial charge in [0, 0.05) is 24.2 Å². The van der Waals surface area contributed by atoms with Crippen LogP contribution in [-0.2, 0) is 6.54 Å². The molecular formula is C15H10ClFN2O2. The third-order valence-corrected chi connectivity index (χ3v) is 3.59. The van der Waals surface area contributed by atoms with E-state index in [2.05, 4.69) is 0 Å². The lowest BCUT2D eigenvalue weighted by molar-refractivity contribution is -0.383. The maximum Gasteiger partial charge on any atom is 0.293 e. The Labute approximate surface area is 124 Å². The van der Waals surface area contributed by atoms with Crippen LogP contribution >= 0.6 is 11.6 Å².